The van der Waals surface area contributed by atoms with Crippen molar-refractivity contribution >= 4 is 82.3 Å². The fourth-order valence-corrected chi connectivity index (χ4v) is 5.58. The summed E-state index contributed by atoms with van der Waals surface area (Å²) < 4.78 is 8.24. The number of carbonyl (C=O) groups excluding carboxylic acids is 1. The number of hydrogen-bond donors (Lipinski definition) is 2. The molecule has 0 spiro atoms. The van der Waals surface area contributed by atoms with Gasteiger partial charge in [-0.1, -0.05) is 34.1 Å². The Morgan fingerprint density at radius 3 is 2.72 bits per heavy atom. The zero-order valence-electron chi connectivity index (χ0n) is 16.8. The first-order valence-corrected chi connectivity index (χ1v) is 12.5. The number of fused-ring (bicyclic) bond motifs is 1. The van der Waals surface area contributed by atoms with E-state index in [4.69, 9.17) is 21.9 Å². The molecule has 0 aliphatic rings. The van der Waals surface area contributed by atoms with Gasteiger partial charge in [-0.15, -0.1) is 11.3 Å². The quantitative estimate of drug-likeness (QED) is 0.245. The van der Waals surface area contributed by atoms with E-state index in [0.717, 1.165) is 35.4 Å². The molecule has 5 nitrogen and oxygen atoms in total. The summed E-state index contributed by atoms with van der Waals surface area (Å²) in [6, 6.07) is 18.8. The molecule has 0 aliphatic carbocycles. The van der Waals surface area contributed by atoms with Gasteiger partial charge in [0, 0.05) is 20.1 Å². The number of anilines is 1. The van der Waals surface area contributed by atoms with Gasteiger partial charge in [0.2, 0.25) is 0 Å². The number of halogens is 2. The summed E-state index contributed by atoms with van der Waals surface area (Å²) in [6.07, 6.45) is 0. The number of rotatable bonds is 5. The van der Waals surface area contributed by atoms with Gasteiger partial charge in [0.15, 0.2) is 5.11 Å². The minimum Gasteiger partial charge on any atom is -0.494 e. The summed E-state index contributed by atoms with van der Waals surface area (Å²) in [7, 11) is 0. The molecule has 0 saturated heterocycles. The van der Waals surface area contributed by atoms with Gasteiger partial charge in [0.25, 0.3) is 5.91 Å². The minimum atomic E-state index is -0.321. The van der Waals surface area contributed by atoms with Crippen molar-refractivity contribution < 1.29 is 9.53 Å². The molecule has 0 atom stereocenters. The van der Waals surface area contributed by atoms with E-state index < -0.39 is 0 Å². The number of benzene rings is 3. The van der Waals surface area contributed by atoms with Gasteiger partial charge < -0.3 is 10.1 Å². The summed E-state index contributed by atoms with van der Waals surface area (Å²) in [5, 5.41) is 6.92. The van der Waals surface area contributed by atoms with Crippen molar-refractivity contribution in [2.24, 2.45) is 0 Å². The van der Waals surface area contributed by atoms with Gasteiger partial charge >= 0.3 is 0 Å². The van der Waals surface area contributed by atoms with E-state index in [2.05, 4.69) is 42.5 Å². The Hall–Kier alpha value is -2.33. The molecule has 4 rings (SSSR count). The predicted molar refractivity (Wildman–Crippen MR) is 142 cm³/mol. The fourth-order valence-electron chi connectivity index (χ4n) is 3.07. The molecule has 0 aliphatic heterocycles. The fraction of sp³-hybridized carbons (Fsp3) is 0.0870. The van der Waals surface area contributed by atoms with Crippen LogP contribution in [0.5, 0.6) is 5.75 Å². The maximum absolute atomic E-state index is 12.7. The van der Waals surface area contributed by atoms with E-state index >= 15 is 0 Å². The highest BCUT2D eigenvalue weighted by Gasteiger charge is 2.17. The van der Waals surface area contributed by atoms with Gasteiger partial charge in [-0.25, -0.2) is 4.98 Å². The molecular weight excluding hydrogens is 574 g/mol. The zero-order valence-corrected chi connectivity index (χ0v) is 21.6. The van der Waals surface area contributed by atoms with Crippen LogP contribution in [0.1, 0.15) is 17.3 Å². The topological polar surface area (TPSA) is 63.2 Å². The van der Waals surface area contributed by atoms with E-state index in [-0.39, 0.29) is 11.0 Å². The normalized spacial score (nSPS) is 10.7. The summed E-state index contributed by atoms with van der Waals surface area (Å²) in [4.78, 5) is 17.5. The summed E-state index contributed by atoms with van der Waals surface area (Å²) in [5.41, 5.74) is 2.98. The number of thiocarbonyl (C=S) groups is 1. The monoisotopic (exact) mass is 589 g/mol. The number of carbonyl (C=O) groups is 1. The molecule has 0 bridgehead atoms. The van der Waals surface area contributed by atoms with Crippen molar-refractivity contribution in [3.8, 4) is 16.3 Å². The van der Waals surface area contributed by atoms with Crippen LogP contribution in [0.3, 0.4) is 0 Å². The van der Waals surface area contributed by atoms with Crippen LogP contribution in [0.4, 0.5) is 5.69 Å². The van der Waals surface area contributed by atoms with Crippen LogP contribution in [0.15, 0.2) is 69.6 Å². The van der Waals surface area contributed by atoms with E-state index in [9.17, 15) is 4.79 Å². The van der Waals surface area contributed by atoms with Crippen molar-refractivity contribution in [1.82, 2.24) is 10.3 Å². The Balaban J connectivity index is 1.59. The Labute approximate surface area is 211 Å². The molecule has 32 heavy (non-hydrogen) atoms. The van der Waals surface area contributed by atoms with Gasteiger partial charge in [-0.05, 0) is 77.5 Å². The molecule has 1 heterocycles. The van der Waals surface area contributed by atoms with Crippen molar-refractivity contribution in [3.63, 3.8) is 0 Å². The molecular formula is C23H17Br2N3O2S2. The Morgan fingerprint density at radius 2 is 1.94 bits per heavy atom. The Morgan fingerprint density at radius 1 is 1.12 bits per heavy atom. The lowest BCUT2D eigenvalue weighted by molar-refractivity contribution is 0.0977. The van der Waals surface area contributed by atoms with E-state index in [1.165, 1.54) is 0 Å². The van der Waals surface area contributed by atoms with Crippen LogP contribution in [0, 0.1) is 0 Å². The number of nitrogens with zero attached hydrogens (tertiary/aromatic N) is 1. The summed E-state index contributed by atoms with van der Waals surface area (Å²) >= 11 is 14.2. The smallest absolute Gasteiger partial charge is 0.257 e. The van der Waals surface area contributed by atoms with Crippen LogP contribution < -0.4 is 15.4 Å². The van der Waals surface area contributed by atoms with Crippen molar-refractivity contribution in [1.29, 1.82) is 0 Å². The third-order valence-electron chi connectivity index (χ3n) is 4.45. The number of nitrogens with one attached hydrogen (secondary N) is 2. The lowest BCUT2D eigenvalue weighted by atomic mass is 10.2. The molecule has 1 aromatic heterocycles. The van der Waals surface area contributed by atoms with E-state index in [1.807, 2.05) is 43.3 Å². The molecule has 0 fully saturated rings. The van der Waals surface area contributed by atoms with Gasteiger partial charge in [-0.3, -0.25) is 10.1 Å². The molecule has 0 unspecified atom stereocenters. The minimum absolute atomic E-state index is 0.183. The standard InChI is InChI=1S/C23H17Br2N3O2S2/c1-2-30-15-7-5-6-13(10-15)21(29)28-23(31)27-20-16(11-14(24)12-17(20)25)22-26-18-8-3-4-9-19(18)32-22/h3-12H,2H2,1H3,(H2,27,28,29,31). The van der Waals surface area contributed by atoms with Crippen LogP contribution in [0.2, 0.25) is 0 Å². The SMILES string of the molecule is CCOc1cccc(C(=O)NC(=S)Nc2c(Br)cc(Br)cc2-c2nc3ccccc3s2)c1. The molecule has 0 saturated carbocycles. The summed E-state index contributed by atoms with van der Waals surface area (Å²) in [5.74, 6) is 0.312. The predicted octanol–water partition coefficient (Wildman–Crippen LogP) is 7.01. The van der Waals surface area contributed by atoms with Gasteiger partial charge in [0.05, 0.1) is 22.5 Å². The molecule has 1 amide bonds. The number of thiazole rings is 1. The van der Waals surface area contributed by atoms with Crippen LogP contribution in [0.25, 0.3) is 20.8 Å². The van der Waals surface area contributed by atoms with Crippen LogP contribution >= 0.6 is 55.4 Å². The molecule has 162 valence electrons. The van der Waals surface area contributed by atoms with Crippen molar-refractivity contribution in [2.75, 3.05) is 11.9 Å². The highest BCUT2D eigenvalue weighted by molar-refractivity contribution is 9.11. The van der Waals surface area contributed by atoms with Crippen molar-refractivity contribution in [3.05, 3.63) is 75.2 Å². The average molecular weight is 591 g/mol. The molecule has 9 heteroatoms. The largest absolute Gasteiger partial charge is 0.494 e. The van der Waals surface area contributed by atoms with Crippen LogP contribution in [-0.2, 0) is 0 Å². The first-order valence-electron chi connectivity index (χ1n) is 9.64. The maximum Gasteiger partial charge on any atom is 0.257 e. The number of amides is 1. The van der Waals surface area contributed by atoms with Crippen LogP contribution in [-0.4, -0.2) is 22.6 Å². The zero-order chi connectivity index (χ0) is 22.7. The highest BCUT2D eigenvalue weighted by Crippen LogP contribution is 2.40. The Kier molecular flexibility index (Phi) is 7.20. The van der Waals surface area contributed by atoms with Gasteiger partial charge in [-0.2, -0.15) is 0 Å². The second kappa shape index (κ2) is 10.1. The first-order chi connectivity index (χ1) is 15.4. The number of para-hydroxylation sites is 1. The number of aromatic nitrogens is 1. The molecule has 0 radical (unpaired) electrons. The lowest BCUT2D eigenvalue weighted by Crippen LogP contribution is -2.34. The third kappa shape index (κ3) is 5.17. The Bertz CT molecular complexity index is 1290. The van der Waals surface area contributed by atoms with Crippen molar-refractivity contribution in [2.45, 2.75) is 6.92 Å². The third-order valence-corrected chi connectivity index (χ3v) is 6.81. The first kappa shape index (κ1) is 22.8. The van der Waals surface area contributed by atoms with E-state index in [0.29, 0.717) is 17.9 Å². The average Bonchev–Trinajstić information content (AvgIpc) is 3.20. The molecule has 3 aromatic carbocycles. The second-order valence-corrected chi connectivity index (χ2v) is 9.87. The van der Waals surface area contributed by atoms with Gasteiger partial charge in [0.1, 0.15) is 10.8 Å². The maximum atomic E-state index is 12.7. The number of hydrogen-bond acceptors (Lipinski definition) is 5. The lowest BCUT2D eigenvalue weighted by Gasteiger charge is -2.15. The second-order valence-electron chi connectivity index (χ2n) is 6.67. The van der Waals surface area contributed by atoms with E-state index in [1.54, 1.807) is 35.6 Å². The highest BCUT2D eigenvalue weighted by atomic mass is 79.9. The number of ether oxygens (including phenoxy) is 1. The molecule has 2 N–H and O–H groups in total. The molecule has 4 aromatic rings. The summed E-state index contributed by atoms with van der Waals surface area (Å²) in [6.45, 7) is 2.42.